The Morgan fingerprint density at radius 1 is 1.19 bits per heavy atom. The Bertz CT molecular complexity index is 461. The van der Waals surface area contributed by atoms with Crippen LogP contribution in [0.25, 0.3) is 0 Å². The van der Waals surface area contributed by atoms with Crippen LogP contribution in [0.2, 0.25) is 0 Å². The molecule has 0 saturated carbocycles. The van der Waals surface area contributed by atoms with Gasteiger partial charge in [0, 0.05) is 18.0 Å². The summed E-state index contributed by atoms with van der Waals surface area (Å²) in [6.07, 6.45) is 5.96. The lowest BCUT2D eigenvalue weighted by Crippen LogP contribution is -2.19. The number of rotatable bonds is 3. The molecule has 0 saturated heterocycles. The summed E-state index contributed by atoms with van der Waals surface area (Å²) in [6.45, 7) is 0. The van der Waals surface area contributed by atoms with Gasteiger partial charge in [0.25, 0.3) is 0 Å². The highest BCUT2D eigenvalue weighted by Gasteiger charge is 2.15. The third-order valence-corrected chi connectivity index (χ3v) is 2.34. The summed E-state index contributed by atoms with van der Waals surface area (Å²) in [5, 5.41) is 10.5. The lowest BCUT2D eigenvalue weighted by Gasteiger charge is -2.16. The fourth-order valence-electron chi connectivity index (χ4n) is 1.59. The first-order valence-corrected chi connectivity index (χ1v) is 4.86. The van der Waals surface area contributed by atoms with Crippen LogP contribution in [0, 0.1) is 5.82 Å². The lowest BCUT2D eigenvalue weighted by molar-refractivity contribution is 0.569. The Labute approximate surface area is 92.6 Å². The molecule has 2 rings (SSSR count). The van der Waals surface area contributed by atoms with Gasteiger partial charge in [-0.25, -0.2) is 4.39 Å². The van der Waals surface area contributed by atoms with Crippen LogP contribution in [0.4, 0.5) is 4.39 Å². The summed E-state index contributed by atoms with van der Waals surface area (Å²) in [7, 11) is 1.77. The van der Waals surface area contributed by atoms with Crippen LogP contribution >= 0.6 is 0 Å². The number of nitrogens with zero attached hydrogens (tertiary/aromatic N) is 3. The Balaban J connectivity index is 2.41. The predicted molar refractivity (Wildman–Crippen MR) is 57.1 cm³/mol. The van der Waals surface area contributed by atoms with Crippen molar-refractivity contribution in [1.29, 1.82) is 0 Å². The Hall–Kier alpha value is -1.88. The van der Waals surface area contributed by atoms with Gasteiger partial charge in [0.2, 0.25) is 0 Å². The molecule has 0 aliphatic rings. The van der Waals surface area contributed by atoms with E-state index >= 15 is 0 Å². The highest BCUT2D eigenvalue weighted by Crippen LogP contribution is 2.22. The zero-order valence-electron chi connectivity index (χ0n) is 8.76. The first-order chi connectivity index (χ1) is 7.83. The van der Waals surface area contributed by atoms with E-state index in [-0.39, 0.29) is 11.9 Å². The minimum atomic E-state index is -0.335. The molecule has 82 valence electrons. The molecule has 0 fully saturated rings. The molecule has 2 heterocycles. The summed E-state index contributed by atoms with van der Waals surface area (Å²) in [5.41, 5.74) is 1.41. The van der Waals surface area contributed by atoms with Crippen LogP contribution in [0.15, 0.2) is 36.9 Å². The van der Waals surface area contributed by atoms with Gasteiger partial charge < -0.3 is 5.32 Å². The molecule has 0 radical (unpaired) electrons. The van der Waals surface area contributed by atoms with Gasteiger partial charge in [0.1, 0.15) is 5.82 Å². The first-order valence-electron chi connectivity index (χ1n) is 4.86. The molecule has 0 aliphatic carbocycles. The highest BCUT2D eigenvalue weighted by atomic mass is 19.1. The fourth-order valence-corrected chi connectivity index (χ4v) is 1.59. The third-order valence-electron chi connectivity index (χ3n) is 2.34. The van der Waals surface area contributed by atoms with Crippen LogP contribution in [0.5, 0.6) is 0 Å². The maximum atomic E-state index is 13.6. The van der Waals surface area contributed by atoms with Crippen molar-refractivity contribution in [2.75, 3.05) is 7.05 Å². The molecule has 1 atom stereocenters. The summed E-state index contributed by atoms with van der Waals surface area (Å²) in [6, 6.07) is 3.21. The van der Waals surface area contributed by atoms with Crippen molar-refractivity contribution in [3.8, 4) is 0 Å². The van der Waals surface area contributed by atoms with Gasteiger partial charge in [-0.15, -0.1) is 0 Å². The monoisotopic (exact) mass is 218 g/mol. The van der Waals surface area contributed by atoms with E-state index in [4.69, 9.17) is 0 Å². The second-order valence-electron chi connectivity index (χ2n) is 3.29. The van der Waals surface area contributed by atoms with E-state index in [2.05, 4.69) is 20.5 Å². The average Bonchev–Trinajstić information content (AvgIpc) is 2.34. The van der Waals surface area contributed by atoms with E-state index in [1.807, 2.05) is 0 Å². The molecule has 16 heavy (non-hydrogen) atoms. The topological polar surface area (TPSA) is 50.7 Å². The van der Waals surface area contributed by atoms with Crippen molar-refractivity contribution in [1.82, 2.24) is 20.5 Å². The first kappa shape index (κ1) is 10.6. The predicted octanol–water partition coefficient (Wildman–Crippen LogP) is 1.32. The second-order valence-corrected chi connectivity index (χ2v) is 3.29. The fraction of sp³-hybridized carbons (Fsp3) is 0.182. The van der Waals surface area contributed by atoms with E-state index in [0.717, 1.165) is 5.56 Å². The van der Waals surface area contributed by atoms with Crippen LogP contribution in [-0.2, 0) is 0 Å². The largest absolute Gasteiger partial charge is 0.309 e. The molecule has 0 bridgehead atoms. The van der Waals surface area contributed by atoms with Crippen LogP contribution < -0.4 is 5.32 Å². The zero-order valence-corrected chi connectivity index (χ0v) is 8.76. The molecule has 0 amide bonds. The van der Waals surface area contributed by atoms with Crippen LogP contribution in [0.1, 0.15) is 17.2 Å². The zero-order chi connectivity index (χ0) is 11.4. The number of pyridine rings is 1. The van der Waals surface area contributed by atoms with E-state index < -0.39 is 0 Å². The van der Waals surface area contributed by atoms with Crippen LogP contribution in [-0.4, -0.2) is 22.2 Å². The second kappa shape index (κ2) is 4.76. The Morgan fingerprint density at radius 3 is 2.69 bits per heavy atom. The summed E-state index contributed by atoms with van der Waals surface area (Å²) in [5.74, 6) is -0.335. The summed E-state index contributed by atoms with van der Waals surface area (Å²) >= 11 is 0. The van der Waals surface area contributed by atoms with Gasteiger partial charge in [-0.1, -0.05) is 0 Å². The van der Waals surface area contributed by atoms with Gasteiger partial charge in [-0.2, -0.15) is 10.2 Å². The smallest absolute Gasteiger partial charge is 0.146 e. The number of hydrogen-bond donors (Lipinski definition) is 1. The van der Waals surface area contributed by atoms with Gasteiger partial charge in [-0.05, 0) is 24.7 Å². The molecule has 5 heteroatoms. The average molecular weight is 218 g/mol. The maximum Gasteiger partial charge on any atom is 0.146 e. The highest BCUT2D eigenvalue weighted by molar-refractivity contribution is 5.28. The third kappa shape index (κ3) is 2.04. The number of halogens is 1. The molecule has 1 unspecified atom stereocenters. The number of nitrogens with one attached hydrogen (secondary N) is 1. The molecule has 2 aromatic rings. The normalized spacial score (nSPS) is 12.4. The Morgan fingerprint density at radius 2 is 2.06 bits per heavy atom. The van der Waals surface area contributed by atoms with E-state index in [9.17, 15) is 4.39 Å². The number of hydrogen-bond acceptors (Lipinski definition) is 4. The molecule has 2 aromatic heterocycles. The molecular weight excluding hydrogens is 207 g/mol. The summed E-state index contributed by atoms with van der Waals surface area (Å²) in [4.78, 5) is 3.72. The molecule has 1 N–H and O–H groups in total. The van der Waals surface area contributed by atoms with Crippen LogP contribution in [0.3, 0.4) is 0 Å². The minimum absolute atomic E-state index is 0.238. The van der Waals surface area contributed by atoms with Crippen molar-refractivity contribution in [3.05, 3.63) is 53.9 Å². The quantitative estimate of drug-likeness (QED) is 0.844. The van der Waals surface area contributed by atoms with Gasteiger partial charge in [0.05, 0.1) is 18.4 Å². The molecule has 0 aromatic carbocycles. The van der Waals surface area contributed by atoms with E-state index in [1.54, 1.807) is 37.8 Å². The van der Waals surface area contributed by atoms with Crippen molar-refractivity contribution in [2.24, 2.45) is 0 Å². The van der Waals surface area contributed by atoms with Crippen molar-refractivity contribution >= 4 is 0 Å². The number of aromatic nitrogens is 3. The van der Waals surface area contributed by atoms with Gasteiger partial charge in [0.15, 0.2) is 0 Å². The van der Waals surface area contributed by atoms with Gasteiger partial charge >= 0.3 is 0 Å². The molecule has 0 spiro atoms. The van der Waals surface area contributed by atoms with E-state index in [0.29, 0.717) is 5.56 Å². The summed E-state index contributed by atoms with van der Waals surface area (Å²) < 4.78 is 13.6. The standard InChI is InChI=1S/C11H11FN4/c1-13-11(8-2-5-15-16-6-8)9-3-4-14-7-10(9)12/h2-7,11,13H,1H3. The minimum Gasteiger partial charge on any atom is -0.309 e. The van der Waals surface area contributed by atoms with Crippen molar-refractivity contribution < 1.29 is 4.39 Å². The van der Waals surface area contributed by atoms with Gasteiger partial charge in [-0.3, -0.25) is 4.98 Å². The SMILES string of the molecule is CNC(c1ccnnc1)c1ccncc1F. The van der Waals surface area contributed by atoms with Crippen molar-refractivity contribution in [3.63, 3.8) is 0 Å². The lowest BCUT2D eigenvalue weighted by atomic mass is 10.0. The molecular formula is C11H11FN4. The van der Waals surface area contributed by atoms with E-state index in [1.165, 1.54) is 6.20 Å². The Kier molecular flexibility index (Phi) is 3.16. The molecule has 4 nitrogen and oxygen atoms in total. The maximum absolute atomic E-state index is 13.6. The molecule has 0 aliphatic heterocycles. The van der Waals surface area contributed by atoms with Crippen molar-refractivity contribution in [2.45, 2.75) is 6.04 Å².